The van der Waals surface area contributed by atoms with Crippen LogP contribution in [0.15, 0.2) is 48.5 Å². The molecule has 0 saturated heterocycles. The summed E-state index contributed by atoms with van der Waals surface area (Å²) >= 11 is 0. The van der Waals surface area contributed by atoms with Crippen molar-refractivity contribution in [1.82, 2.24) is 4.57 Å². The molecule has 0 atom stereocenters. The van der Waals surface area contributed by atoms with Crippen molar-refractivity contribution < 1.29 is 14.6 Å². The van der Waals surface area contributed by atoms with E-state index in [1.807, 2.05) is 19.1 Å². The van der Waals surface area contributed by atoms with Crippen molar-refractivity contribution in [1.29, 1.82) is 0 Å². The van der Waals surface area contributed by atoms with E-state index in [9.17, 15) is 9.90 Å². The summed E-state index contributed by atoms with van der Waals surface area (Å²) in [7, 11) is -1.15. The smallest absolute Gasteiger partial charge is 0.328 e. The zero-order valence-electron chi connectivity index (χ0n) is 18.5. The van der Waals surface area contributed by atoms with Crippen molar-refractivity contribution in [3.05, 3.63) is 65.5 Å². The summed E-state index contributed by atoms with van der Waals surface area (Å²) in [6.45, 7) is 12.4. The van der Waals surface area contributed by atoms with Crippen LogP contribution in [-0.4, -0.2) is 30.3 Å². The molecule has 4 nitrogen and oxygen atoms in total. The second-order valence-electron chi connectivity index (χ2n) is 8.93. The van der Waals surface area contributed by atoms with Gasteiger partial charge in [-0.1, -0.05) is 62.1 Å². The fourth-order valence-electron chi connectivity index (χ4n) is 3.78. The Morgan fingerprint density at radius 1 is 1.07 bits per heavy atom. The highest BCUT2D eigenvalue weighted by Gasteiger charge is 2.20. The van der Waals surface area contributed by atoms with Gasteiger partial charge in [0.15, 0.2) is 0 Å². The van der Waals surface area contributed by atoms with Crippen LogP contribution in [0, 0.1) is 13.8 Å². The Morgan fingerprint density at radius 2 is 1.77 bits per heavy atom. The summed E-state index contributed by atoms with van der Waals surface area (Å²) < 4.78 is 8.19. The number of carboxylic acid groups (broad SMARTS) is 1. The molecule has 0 saturated carbocycles. The highest BCUT2D eigenvalue weighted by atomic mass is 28.3. The Morgan fingerprint density at radius 3 is 2.47 bits per heavy atom. The summed E-state index contributed by atoms with van der Waals surface area (Å²) in [5, 5.41) is 11.5. The Kier molecular flexibility index (Phi) is 6.63. The number of rotatable bonds is 8. The van der Waals surface area contributed by atoms with Gasteiger partial charge < -0.3 is 14.4 Å². The van der Waals surface area contributed by atoms with E-state index < -0.39 is 14.0 Å². The van der Waals surface area contributed by atoms with Gasteiger partial charge in [0.05, 0.1) is 0 Å². The van der Waals surface area contributed by atoms with Crippen LogP contribution >= 0.6 is 0 Å². The predicted molar refractivity (Wildman–Crippen MR) is 128 cm³/mol. The molecule has 0 amide bonds. The molecule has 2 aromatic carbocycles. The first-order valence-corrected chi connectivity index (χ1v) is 14.1. The summed E-state index contributed by atoms with van der Waals surface area (Å²) in [5.41, 5.74) is 5.21. The van der Waals surface area contributed by atoms with E-state index in [0.29, 0.717) is 6.73 Å². The predicted octanol–water partition coefficient (Wildman–Crippen LogP) is 6.34. The van der Waals surface area contributed by atoms with Gasteiger partial charge in [0.1, 0.15) is 6.73 Å². The van der Waals surface area contributed by atoms with Crippen LogP contribution in [0.1, 0.15) is 17.0 Å². The molecule has 0 aliphatic heterocycles. The number of aromatic nitrogens is 1. The number of benzene rings is 2. The van der Waals surface area contributed by atoms with Crippen LogP contribution in [0.2, 0.25) is 25.7 Å². The lowest BCUT2D eigenvalue weighted by atomic mass is 9.95. The third kappa shape index (κ3) is 4.91. The van der Waals surface area contributed by atoms with Gasteiger partial charge in [-0.3, -0.25) is 0 Å². The molecule has 3 aromatic rings. The minimum Gasteiger partial charge on any atom is -0.478 e. The van der Waals surface area contributed by atoms with E-state index in [4.69, 9.17) is 4.74 Å². The van der Waals surface area contributed by atoms with E-state index in [1.54, 1.807) is 6.08 Å². The number of carbonyl (C=O) groups is 1. The lowest BCUT2D eigenvalue weighted by Gasteiger charge is -2.16. The molecule has 0 aliphatic rings. The largest absolute Gasteiger partial charge is 0.478 e. The first kappa shape index (κ1) is 22.1. The molecule has 0 spiro atoms. The van der Waals surface area contributed by atoms with Crippen LogP contribution in [0.25, 0.3) is 28.0 Å². The normalized spacial score (nSPS) is 12.2. The summed E-state index contributed by atoms with van der Waals surface area (Å²) in [6, 6.07) is 15.7. The van der Waals surface area contributed by atoms with E-state index in [2.05, 4.69) is 61.5 Å². The third-order valence-corrected chi connectivity index (χ3v) is 7.20. The minimum atomic E-state index is -1.15. The van der Waals surface area contributed by atoms with Gasteiger partial charge >= 0.3 is 5.97 Å². The van der Waals surface area contributed by atoms with Gasteiger partial charge in [-0.2, -0.15) is 0 Å². The van der Waals surface area contributed by atoms with Gasteiger partial charge in [-0.15, -0.1) is 0 Å². The number of carboxylic acids is 1. The number of ether oxygens (including phenoxy) is 1. The van der Waals surface area contributed by atoms with E-state index in [0.717, 1.165) is 46.1 Å². The standard InChI is InChI=1S/C25H31NO3Si/c1-18-21(13-14-24(27)28)25(19(2)26(18)17-29-15-16-30(3,4)5)23-12-8-10-20-9-6-7-11-22(20)23/h6-14H,15-17H2,1-5H3,(H,27,28). The molecule has 1 aromatic heterocycles. The van der Waals surface area contributed by atoms with Gasteiger partial charge in [-0.05, 0) is 42.3 Å². The number of nitrogens with zero attached hydrogens (tertiary/aromatic N) is 1. The van der Waals surface area contributed by atoms with Crippen LogP contribution in [0.5, 0.6) is 0 Å². The number of fused-ring (bicyclic) bond motifs is 1. The van der Waals surface area contributed by atoms with Crippen molar-refractivity contribution in [3.8, 4) is 11.1 Å². The maximum Gasteiger partial charge on any atom is 0.328 e. The lowest BCUT2D eigenvalue weighted by molar-refractivity contribution is -0.131. The molecule has 1 N–H and O–H groups in total. The van der Waals surface area contributed by atoms with Crippen molar-refractivity contribution >= 4 is 30.9 Å². The molecule has 0 radical (unpaired) electrons. The monoisotopic (exact) mass is 421 g/mol. The molecule has 0 unspecified atom stereocenters. The fourth-order valence-corrected chi connectivity index (χ4v) is 4.53. The van der Waals surface area contributed by atoms with Crippen LogP contribution in [0.4, 0.5) is 0 Å². The number of aliphatic carboxylic acids is 1. The van der Waals surface area contributed by atoms with Gasteiger partial charge in [0.2, 0.25) is 0 Å². The Labute approximate surface area is 179 Å². The Bertz CT molecular complexity index is 1080. The minimum absolute atomic E-state index is 0.473. The van der Waals surface area contributed by atoms with Crippen molar-refractivity contribution in [2.75, 3.05) is 6.61 Å². The first-order valence-electron chi connectivity index (χ1n) is 10.4. The Hall–Kier alpha value is -2.63. The first-order chi connectivity index (χ1) is 14.2. The molecule has 0 bridgehead atoms. The van der Waals surface area contributed by atoms with Crippen molar-refractivity contribution in [3.63, 3.8) is 0 Å². The molecule has 3 rings (SSSR count). The average molecular weight is 422 g/mol. The third-order valence-electron chi connectivity index (χ3n) is 5.50. The van der Waals surface area contributed by atoms with Crippen molar-refractivity contribution in [2.24, 2.45) is 0 Å². The molecule has 0 aliphatic carbocycles. The van der Waals surface area contributed by atoms with E-state index in [1.165, 1.54) is 11.5 Å². The molecule has 5 heteroatoms. The number of hydrogen-bond donors (Lipinski definition) is 1. The van der Waals surface area contributed by atoms with Crippen LogP contribution in [0.3, 0.4) is 0 Å². The SMILES string of the molecule is Cc1c(C=CC(=O)O)c(-c2cccc3ccccc23)c(C)n1COCC[Si](C)(C)C. The molecule has 158 valence electrons. The lowest BCUT2D eigenvalue weighted by Crippen LogP contribution is -2.22. The molecule has 1 heterocycles. The second-order valence-corrected chi connectivity index (χ2v) is 14.6. The summed E-state index contributed by atoms with van der Waals surface area (Å²) in [5.74, 6) is -0.949. The maximum atomic E-state index is 11.2. The molecular formula is C25H31NO3Si. The number of hydrogen-bond acceptors (Lipinski definition) is 2. The van der Waals surface area contributed by atoms with Gasteiger partial charge in [-0.25, -0.2) is 4.79 Å². The second kappa shape index (κ2) is 9.02. The zero-order valence-corrected chi connectivity index (χ0v) is 19.5. The summed E-state index contributed by atoms with van der Waals surface area (Å²) in [6.07, 6.45) is 2.92. The highest BCUT2D eigenvalue weighted by molar-refractivity contribution is 6.76. The molecule has 0 fully saturated rings. The molecular weight excluding hydrogens is 390 g/mol. The van der Waals surface area contributed by atoms with Gasteiger partial charge in [0.25, 0.3) is 0 Å². The average Bonchev–Trinajstić information content (AvgIpc) is 2.92. The highest BCUT2D eigenvalue weighted by Crippen LogP contribution is 2.37. The maximum absolute atomic E-state index is 11.2. The summed E-state index contributed by atoms with van der Waals surface area (Å²) in [4.78, 5) is 11.2. The van der Waals surface area contributed by atoms with Crippen molar-refractivity contribution in [2.45, 2.75) is 46.3 Å². The quantitative estimate of drug-likeness (QED) is 0.262. The van der Waals surface area contributed by atoms with E-state index >= 15 is 0 Å². The topological polar surface area (TPSA) is 51.5 Å². The van der Waals surface area contributed by atoms with E-state index in [-0.39, 0.29) is 0 Å². The zero-order chi connectivity index (χ0) is 21.9. The van der Waals surface area contributed by atoms with Crippen LogP contribution in [-0.2, 0) is 16.3 Å². The van der Waals surface area contributed by atoms with Crippen LogP contribution < -0.4 is 0 Å². The molecule has 30 heavy (non-hydrogen) atoms. The Balaban J connectivity index is 2.08. The van der Waals surface area contributed by atoms with Gasteiger partial charge in [0, 0.05) is 43.3 Å². The fraction of sp³-hybridized carbons (Fsp3) is 0.320.